The predicted molar refractivity (Wildman–Crippen MR) is 153 cm³/mol. The minimum absolute atomic E-state index is 0.0509. The van der Waals surface area contributed by atoms with E-state index in [1.165, 1.54) is 0 Å². The first-order valence-electron chi connectivity index (χ1n) is 13.5. The Balaban J connectivity index is 1.16. The second-order valence-electron chi connectivity index (χ2n) is 9.30. The normalized spacial score (nSPS) is 13.1. The van der Waals surface area contributed by atoms with E-state index in [9.17, 15) is 9.59 Å². The Morgan fingerprint density at radius 2 is 1.52 bits per heavy atom. The predicted octanol–water partition coefficient (Wildman–Crippen LogP) is 3.39. The smallest absolute Gasteiger partial charge is 0.251 e. The third-order valence-electron chi connectivity index (χ3n) is 6.51. The van der Waals surface area contributed by atoms with Crippen molar-refractivity contribution < 1.29 is 28.5 Å². The van der Waals surface area contributed by atoms with Crippen molar-refractivity contribution in [2.24, 2.45) is 0 Å². The van der Waals surface area contributed by atoms with Crippen molar-refractivity contribution in [2.75, 3.05) is 71.2 Å². The molecule has 9 heteroatoms. The largest absolute Gasteiger partial charge is 0.491 e. The van der Waals surface area contributed by atoms with Crippen molar-refractivity contribution in [2.45, 2.75) is 6.61 Å². The van der Waals surface area contributed by atoms with Crippen molar-refractivity contribution in [3.63, 3.8) is 0 Å². The summed E-state index contributed by atoms with van der Waals surface area (Å²) in [6.45, 7) is 4.94. The Hall–Kier alpha value is -4.08. The van der Waals surface area contributed by atoms with Gasteiger partial charge in [-0.3, -0.25) is 9.59 Å². The summed E-state index contributed by atoms with van der Waals surface area (Å²) in [5.41, 5.74) is 2.66. The van der Waals surface area contributed by atoms with E-state index >= 15 is 0 Å². The fourth-order valence-corrected chi connectivity index (χ4v) is 4.27. The van der Waals surface area contributed by atoms with Gasteiger partial charge < -0.3 is 34.1 Å². The maximum Gasteiger partial charge on any atom is 0.251 e. The van der Waals surface area contributed by atoms with Crippen LogP contribution in [0.3, 0.4) is 0 Å². The first-order chi connectivity index (χ1) is 19.6. The molecule has 1 fully saturated rings. The summed E-state index contributed by atoms with van der Waals surface area (Å²) in [6.07, 6.45) is 0. The molecule has 4 rings (SSSR count). The van der Waals surface area contributed by atoms with Crippen LogP contribution in [0.2, 0.25) is 0 Å². The molecule has 1 heterocycles. The third-order valence-corrected chi connectivity index (χ3v) is 6.51. The zero-order valence-corrected chi connectivity index (χ0v) is 22.9. The van der Waals surface area contributed by atoms with Gasteiger partial charge in [-0.2, -0.15) is 0 Å². The van der Waals surface area contributed by atoms with Crippen LogP contribution < -0.4 is 19.7 Å². The van der Waals surface area contributed by atoms with Crippen molar-refractivity contribution >= 4 is 17.5 Å². The lowest BCUT2D eigenvalue weighted by atomic mass is 10.2. The number of nitrogens with zero attached hydrogens (tertiary/aromatic N) is 2. The highest BCUT2D eigenvalue weighted by molar-refractivity contribution is 5.96. The van der Waals surface area contributed by atoms with Gasteiger partial charge in [0.2, 0.25) is 5.91 Å². The minimum atomic E-state index is -0.316. The number of hydrogen-bond acceptors (Lipinski definition) is 7. The number of hydrogen-bond donors (Lipinski definition) is 1. The van der Waals surface area contributed by atoms with Crippen molar-refractivity contribution in [1.82, 2.24) is 10.2 Å². The van der Waals surface area contributed by atoms with Crippen LogP contribution in [0.25, 0.3) is 0 Å². The van der Waals surface area contributed by atoms with Crippen molar-refractivity contribution in [3.8, 4) is 11.5 Å². The van der Waals surface area contributed by atoms with Crippen LogP contribution in [-0.4, -0.2) is 83.0 Å². The maximum absolute atomic E-state index is 12.8. The van der Waals surface area contributed by atoms with Crippen LogP contribution in [0.4, 0.5) is 5.69 Å². The second kappa shape index (κ2) is 15.5. The molecule has 1 N–H and O–H groups in total. The number of piperazine rings is 1. The van der Waals surface area contributed by atoms with Gasteiger partial charge in [0, 0.05) is 44.5 Å². The van der Waals surface area contributed by atoms with Gasteiger partial charge in [0.15, 0.2) is 0 Å². The highest BCUT2D eigenvalue weighted by Gasteiger charge is 2.22. The zero-order chi connectivity index (χ0) is 28.0. The monoisotopic (exact) mass is 547 g/mol. The van der Waals surface area contributed by atoms with Crippen LogP contribution in [0.15, 0.2) is 78.9 Å². The highest BCUT2D eigenvalue weighted by atomic mass is 16.5. The summed E-state index contributed by atoms with van der Waals surface area (Å²) < 4.78 is 21.8. The minimum Gasteiger partial charge on any atom is -0.491 e. The first-order valence-corrected chi connectivity index (χ1v) is 13.5. The third kappa shape index (κ3) is 9.00. The van der Waals surface area contributed by atoms with Crippen molar-refractivity contribution in [3.05, 3.63) is 90.0 Å². The van der Waals surface area contributed by atoms with Gasteiger partial charge in [-0.05, 0) is 48.0 Å². The molecule has 0 bridgehead atoms. The summed E-state index contributed by atoms with van der Waals surface area (Å²) in [5, 5.41) is 2.73. The molecule has 0 unspecified atom stereocenters. The molecule has 1 aliphatic rings. The molecule has 212 valence electrons. The lowest BCUT2D eigenvalue weighted by Crippen LogP contribution is -2.51. The number of nitrogens with one attached hydrogen (secondary N) is 1. The van der Waals surface area contributed by atoms with Gasteiger partial charge in [0.1, 0.15) is 24.7 Å². The molecule has 1 aliphatic heterocycles. The quantitative estimate of drug-likeness (QED) is 0.310. The number of rotatable bonds is 14. The molecular weight excluding hydrogens is 510 g/mol. The first kappa shape index (κ1) is 28.9. The van der Waals surface area contributed by atoms with Crippen LogP contribution in [-0.2, 0) is 20.9 Å². The van der Waals surface area contributed by atoms with Crippen LogP contribution in [0, 0.1) is 0 Å². The molecule has 0 atom stereocenters. The molecule has 0 aromatic heterocycles. The Morgan fingerprint density at radius 3 is 2.27 bits per heavy atom. The highest BCUT2D eigenvalue weighted by Crippen LogP contribution is 2.21. The maximum atomic E-state index is 12.8. The second-order valence-corrected chi connectivity index (χ2v) is 9.30. The van der Waals surface area contributed by atoms with Gasteiger partial charge >= 0.3 is 0 Å². The standard InChI is InChI=1S/C31H37N3O6/c1-37-18-19-38-20-21-39-29-9-5-8-26(22-29)31(36)32-23-30(35)34-16-14-33(15-17-34)27-10-12-28(13-11-27)40-24-25-6-3-2-4-7-25/h2-13,22H,14-21,23-24H2,1H3,(H,32,36). The number of anilines is 1. The summed E-state index contributed by atoms with van der Waals surface area (Å²) in [7, 11) is 1.62. The molecule has 0 radical (unpaired) electrons. The number of methoxy groups -OCH3 is 1. The molecule has 0 saturated carbocycles. The van der Waals surface area contributed by atoms with E-state index in [4.69, 9.17) is 18.9 Å². The fourth-order valence-electron chi connectivity index (χ4n) is 4.27. The topological polar surface area (TPSA) is 89.6 Å². The van der Waals surface area contributed by atoms with E-state index in [-0.39, 0.29) is 18.4 Å². The summed E-state index contributed by atoms with van der Waals surface area (Å²) in [4.78, 5) is 29.4. The van der Waals surface area contributed by atoms with Crippen LogP contribution >= 0.6 is 0 Å². The molecule has 3 aromatic rings. The SMILES string of the molecule is COCCOCCOc1cccc(C(=O)NCC(=O)N2CCN(c3ccc(OCc4ccccc4)cc3)CC2)c1. The number of amides is 2. The molecule has 40 heavy (non-hydrogen) atoms. The number of benzene rings is 3. The summed E-state index contributed by atoms with van der Waals surface area (Å²) >= 11 is 0. The molecular formula is C31H37N3O6. The van der Waals surface area contributed by atoms with Crippen LogP contribution in [0.5, 0.6) is 11.5 Å². The Bertz CT molecular complexity index is 1200. The van der Waals surface area contributed by atoms with Gasteiger partial charge in [-0.25, -0.2) is 0 Å². The lowest BCUT2D eigenvalue weighted by molar-refractivity contribution is -0.130. The average molecular weight is 548 g/mol. The average Bonchev–Trinajstić information content (AvgIpc) is 3.01. The molecule has 2 amide bonds. The molecule has 0 spiro atoms. The summed E-state index contributed by atoms with van der Waals surface area (Å²) in [6, 6.07) is 25.0. The Morgan fingerprint density at radius 1 is 0.775 bits per heavy atom. The lowest BCUT2D eigenvalue weighted by Gasteiger charge is -2.36. The van der Waals surface area contributed by atoms with E-state index in [0.29, 0.717) is 57.4 Å². The number of carbonyl (C=O) groups is 2. The molecule has 1 saturated heterocycles. The number of carbonyl (C=O) groups excluding carboxylic acids is 2. The van der Waals surface area contributed by atoms with E-state index in [2.05, 4.69) is 10.2 Å². The van der Waals surface area contributed by atoms with E-state index in [1.807, 2.05) is 54.6 Å². The molecule has 9 nitrogen and oxygen atoms in total. The van der Waals surface area contributed by atoms with Gasteiger partial charge in [0.05, 0.1) is 26.4 Å². The van der Waals surface area contributed by atoms with Gasteiger partial charge in [0.25, 0.3) is 5.91 Å². The van der Waals surface area contributed by atoms with Gasteiger partial charge in [-0.1, -0.05) is 36.4 Å². The Kier molecular flexibility index (Phi) is 11.2. The summed E-state index contributed by atoms with van der Waals surface area (Å²) in [5.74, 6) is 0.976. The molecule has 0 aliphatic carbocycles. The van der Waals surface area contributed by atoms with Crippen LogP contribution in [0.1, 0.15) is 15.9 Å². The van der Waals surface area contributed by atoms with E-state index in [1.54, 1.807) is 36.3 Å². The number of ether oxygens (including phenoxy) is 4. The van der Waals surface area contributed by atoms with E-state index < -0.39 is 0 Å². The molecule has 3 aromatic carbocycles. The van der Waals surface area contributed by atoms with Crippen molar-refractivity contribution in [1.29, 1.82) is 0 Å². The van der Waals surface area contributed by atoms with Gasteiger partial charge in [-0.15, -0.1) is 0 Å². The fraction of sp³-hybridized carbons (Fsp3) is 0.355. The Labute approximate surface area is 235 Å². The zero-order valence-electron chi connectivity index (χ0n) is 22.9. The van der Waals surface area contributed by atoms with E-state index in [0.717, 1.165) is 30.1 Å².